The third-order valence-electron chi connectivity index (χ3n) is 3.01. The summed E-state index contributed by atoms with van der Waals surface area (Å²) in [5.41, 5.74) is -1.13. The first-order valence-corrected chi connectivity index (χ1v) is 8.11. The largest absolute Gasteiger partial charge is 0.573 e. The lowest BCUT2D eigenvalue weighted by Crippen LogP contribution is -2.20. The van der Waals surface area contributed by atoms with Crippen molar-refractivity contribution < 1.29 is 31.2 Å². The Morgan fingerprint density at radius 1 is 1.12 bits per heavy atom. The van der Waals surface area contributed by atoms with E-state index >= 15 is 0 Å². The van der Waals surface area contributed by atoms with Crippen LogP contribution in [0.5, 0.6) is 5.75 Å². The van der Waals surface area contributed by atoms with E-state index in [1.54, 1.807) is 0 Å². The minimum absolute atomic E-state index is 0.0657. The molecule has 0 spiro atoms. The van der Waals surface area contributed by atoms with Crippen molar-refractivity contribution in [3.63, 3.8) is 0 Å². The van der Waals surface area contributed by atoms with Crippen LogP contribution in [-0.4, -0.2) is 19.7 Å². The number of halogens is 3. The maximum atomic E-state index is 12.5. The van der Waals surface area contributed by atoms with Gasteiger partial charge in [-0.1, -0.05) is 24.3 Å². The highest BCUT2D eigenvalue weighted by molar-refractivity contribution is 7.93. The van der Waals surface area contributed by atoms with Crippen molar-refractivity contribution in [3.05, 3.63) is 58.1 Å². The molecule has 0 aromatic heterocycles. The standard InChI is InChI=1S/C14H11F3N2O5S/c1-9-5-4-7-11(19(20)21)13(9)25(22,23)18-10-6-2-3-8-12(10)24-14(15,16)17/h2-8,18H,1H3. The van der Waals surface area contributed by atoms with Crippen LogP contribution in [0.2, 0.25) is 0 Å². The van der Waals surface area contributed by atoms with Crippen LogP contribution in [0.4, 0.5) is 24.5 Å². The molecule has 0 fully saturated rings. The van der Waals surface area contributed by atoms with Crippen LogP contribution < -0.4 is 9.46 Å². The molecule has 2 aromatic carbocycles. The number of alkyl halides is 3. The van der Waals surface area contributed by atoms with Crippen LogP contribution in [-0.2, 0) is 10.0 Å². The van der Waals surface area contributed by atoms with Gasteiger partial charge in [0.05, 0.1) is 10.6 Å². The lowest BCUT2D eigenvalue weighted by atomic mass is 10.2. The SMILES string of the molecule is Cc1cccc([N+](=O)[O-])c1S(=O)(=O)Nc1ccccc1OC(F)(F)F. The first-order chi connectivity index (χ1) is 11.5. The fourth-order valence-electron chi connectivity index (χ4n) is 2.09. The molecule has 0 aliphatic carbocycles. The number of rotatable bonds is 5. The molecular weight excluding hydrogens is 365 g/mol. The minimum atomic E-state index is -5.03. The maximum Gasteiger partial charge on any atom is 0.573 e. The monoisotopic (exact) mass is 376 g/mol. The highest BCUT2D eigenvalue weighted by Crippen LogP contribution is 2.34. The number of nitro groups is 1. The second kappa shape index (κ2) is 6.59. The van der Waals surface area contributed by atoms with Crippen molar-refractivity contribution in [2.24, 2.45) is 0 Å². The van der Waals surface area contributed by atoms with Crippen molar-refractivity contribution in [2.75, 3.05) is 4.72 Å². The number of anilines is 1. The molecule has 134 valence electrons. The Kier molecular flexibility index (Phi) is 4.88. The van der Waals surface area contributed by atoms with Crippen LogP contribution >= 0.6 is 0 Å². The number of sulfonamides is 1. The predicted molar refractivity (Wildman–Crippen MR) is 81.8 cm³/mol. The molecule has 0 bridgehead atoms. The van der Waals surface area contributed by atoms with E-state index < -0.39 is 43.3 Å². The molecule has 25 heavy (non-hydrogen) atoms. The molecule has 7 nitrogen and oxygen atoms in total. The van der Waals surface area contributed by atoms with Gasteiger partial charge in [-0.15, -0.1) is 13.2 Å². The van der Waals surface area contributed by atoms with Gasteiger partial charge >= 0.3 is 6.36 Å². The Balaban J connectivity index is 2.50. The molecule has 1 N–H and O–H groups in total. The summed E-state index contributed by atoms with van der Waals surface area (Å²) >= 11 is 0. The van der Waals surface area contributed by atoms with Gasteiger partial charge in [-0.05, 0) is 24.6 Å². The summed E-state index contributed by atoms with van der Waals surface area (Å²) in [7, 11) is -4.54. The first kappa shape index (κ1) is 18.5. The summed E-state index contributed by atoms with van der Waals surface area (Å²) < 4.78 is 68.0. The predicted octanol–water partition coefficient (Wildman–Crippen LogP) is 3.60. The van der Waals surface area contributed by atoms with E-state index in [0.29, 0.717) is 0 Å². The second-order valence-electron chi connectivity index (χ2n) is 4.83. The van der Waals surface area contributed by atoms with Gasteiger partial charge in [-0.3, -0.25) is 14.8 Å². The molecule has 0 radical (unpaired) electrons. The van der Waals surface area contributed by atoms with E-state index in [1.165, 1.54) is 31.2 Å². The number of aryl methyl sites for hydroxylation is 1. The molecule has 0 unspecified atom stereocenters. The number of nitrogens with one attached hydrogen (secondary N) is 1. The summed E-state index contributed by atoms with van der Waals surface area (Å²) in [5, 5.41) is 11.1. The van der Waals surface area contributed by atoms with Crippen molar-refractivity contribution in [3.8, 4) is 5.75 Å². The highest BCUT2D eigenvalue weighted by Gasteiger charge is 2.33. The van der Waals surface area contributed by atoms with Crippen LogP contribution in [0, 0.1) is 17.0 Å². The number of ether oxygens (including phenoxy) is 1. The summed E-state index contributed by atoms with van der Waals surface area (Å²) in [6, 6.07) is 8.08. The highest BCUT2D eigenvalue weighted by atomic mass is 32.2. The third-order valence-corrected chi connectivity index (χ3v) is 4.57. The topological polar surface area (TPSA) is 98.5 Å². The Hall–Kier alpha value is -2.82. The van der Waals surface area contributed by atoms with Crippen LogP contribution in [0.25, 0.3) is 0 Å². The zero-order valence-corrected chi connectivity index (χ0v) is 13.4. The van der Waals surface area contributed by atoms with Crippen molar-refractivity contribution in [2.45, 2.75) is 18.2 Å². The van der Waals surface area contributed by atoms with E-state index in [4.69, 9.17) is 0 Å². The van der Waals surface area contributed by atoms with Crippen LogP contribution in [0.3, 0.4) is 0 Å². The third kappa shape index (κ3) is 4.38. The molecule has 0 aliphatic rings. The summed E-state index contributed by atoms with van der Waals surface area (Å²) in [5.74, 6) is -0.783. The van der Waals surface area contributed by atoms with E-state index in [2.05, 4.69) is 4.74 Å². The first-order valence-electron chi connectivity index (χ1n) is 6.63. The number of benzene rings is 2. The quantitative estimate of drug-likeness (QED) is 0.635. The van der Waals surface area contributed by atoms with Gasteiger partial charge in [0, 0.05) is 6.07 Å². The summed E-state index contributed by atoms with van der Waals surface area (Å²) in [6.45, 7) is 1.33. The van der Waals surface area contributed by atoms with E-state index in [9.17, 15) is 31.7 Å². The van der Waals surface area contributed by atoms with Crippen molar-refractivity contribution in [1.29, 1.82) is 0 Å². The average Bonchev–Trinajstić information content (AvgIpc) is 2.47. The molecule has 11 heteroatoms. The number of para-hydroxylation sites is 2. The molecule has 0 saturated heterocycles. The fourth-order valence-corrected chi connectivity index (χ4v) is 3.56. The Labute approximate surface area is 140 Å². The van der Waals surface area contributed by atoms with Gasteiger partial charge in [0.25, 0.3) is 15.7 Å². The second-order valence-corrected chi connectivity index (χ2v) is 6.45. The number of nitrogens with zero attached hydrogens (tertiary/aromatic N) is 1. The molecule has 0 atom stereocenters. The maximum absolute atomic E-state index is 12.5. The molecule has 0 aliphatic heterocycles. The van der Waals surface area contributed by atoms with Crippen molar-refractivity contribution in [1.82, 2.24) is 0 Å². The Morgan fingerprint density at radius 2 is 1.76 bits per heavy atom. The molecule has 2 rings (SSSR count). The zero-order chi connectivity index (χ0) is 18.8. The van der Waals surface area contributed by atoms with E-state index in [1.807, 2.05) is 4.72 Å². The molecule has 2 aromatic rings. The molecule has 0 amide bonds. The van der Waals surface area contributed by atoms with E-state index in [-0.39, 0.29) is 5.56 Å². The zero-order valence-electron chi connectivity index (χ0n) is 12.6. The average molecular weight is 376 g/mol. The minimum Gasteiger partial charge on any atom is -0.404 e. The Morgan fingerprint density at radius 3 is 2.36 bits per heavy atom. The lowest BCUT2D eigenvalue weighted by Gasteiger charge is -2.15. The summed E-state index contributed by atoms with van der Waals surface area (Å²) in [6.07, 6.45) is -5.03. The fraction of sp³-hybridized carbons (Fsp3) is 0.143. The van der Waals surface area contributed by atoms with Gasteiger partial charge in [-0.2, -0.15) is 0 Å². The van der Waals surface area contributed by atoms with Gasteiger partial charge < -0.3 is 4.74 Å². The summed E-state index contributed by atoms with van der Waals surface area (Å²) in [4.78, 5) is 9.54. The normalized spacial score (nSPS) is 11.8. The van der Waals surface area contributed by atoms with E-state index in [0.717, 1.165) is 18.2 Å². The van der Waals surface area contributed by atoms with Crippen LogP contribution in [0.1, 0.15) is 5.56 Å². The van der Waals surface area contributed by atoms with Crippen molar-refractivity contribution >= 4 is 21.4 Å². The molecule has 0 saturated carbocycles. The van der Waals surface area contributed by atoms with Gasteiger partial charge in [-0.25, -0.2) is 8.42 Å². The van der Waals surface area contributed by atoms with Crippen LogP contribution in [0.15, 0.2) is 47.4 Å². The van der Waals surface area contributed by atoms with Gasteiger partial charge in [0.15, 0.2) is 10.6 Å². The number of hydrogen-bond acceptors (Lipinski definition) is 5. The van der Waals surface area contributed by atoms with Gasteiger partial charge in [0.2, 0.25) is 0 Å². The van der Waals surface area contributed by atoms with Gasteiger partial charge in [0.1, 0.15) is 0 Å². The number of hydrogen-bond donors (Lipinski definition) is 1. The smallest absolute Gasteiger partial charge is 0.404 e. The molecule has 0 heterocycles. The number of nitro benzene ring substituents is 1. The lowest BCUT2D eigenvalue weighted by molar-refractivity contribution is -0.387. The Bertz CT molecular complexity index is 913. The molecular formula is C14H11F3N2O5S.